The molecule has 0 saturated heterocycles. The number of pyridine rings is 1. The fourth-order valence-electron chi connectivity index (χ4n) is 3.87. The van der Waals surface area contributed by atoms with Crippen LogP contribution < -0.4 is 10.2 Å². The van der Waals surface area contributed by atoms with Crippen molar-refractivity contribution < 1.29 is 9.59 Å². The Kier molecular flexibility index (Phi) is 5.21. The van der Waals surface area contributed by atoms with Crippen molar-refractivity contribution in [3.05, 3.63) is 113 Å². The minimum atomic E-state index is -0.357. The maximum absolute atomic E-state index is 13.5. The van der Waals surface area contributed by atoms with Gasteiger partial charge in [-0.25, -0.2) is 4.98 Å². The predicted molar refractivity (Wildman–Crippen MR) is 124 cm³/mol. The van der Waals surface area contributed by atoms with Crippen molar-refractivity contribution in [3.63, 3.8) is 0 Å². The van der Waals surface area contributed by atoms with Crippen molar-refractivity contribution >= 4 is 34.8 Å². The molecular weight excluding hydrogens is 424 g/mol. The summed E-state index contributed by atoms with van der Waals surface area (Å²) in [5.41, 5.74) is 4.47. The Balaban J connectivity index is 1.39. The molecule has 0 saturated carbocycles. The minimum absolute atomic E-state index is 0.0970. The molecule has 2 aromatic carbocycles. The van der Waals surface area contributed by atoms with Gasteiger partial charge in [0.15, 0.2) is 0 Å². The largest absolute Gasteiger partial charge is 0.345 e. The highest BCUT2D eigenvalue weighted by molar-refractivity contribution is 6.33. The molecule has 1 N–H and O–H groups in total. The van der Waals surface area contributed by atoms with E-state index >= 15 is 0 Å². The summed E-state index contributed by atoms with van der Waals surface area (Å²) in [5.74, 6) is -0.454. The number of benzene rings is 2. The van der Waals surface area contributed by atoms with Gasteiger partial charge in [-0.2, -0.15) is 0 Å². The van der Waals surface area contributed by atoms with E-state index in [0.717, 1.165) is 23.5 Å². The first-order valence-electron chi connectivity index (χ1n) is 10.2. The topological polar surface area (TPSA) is 67.2 Å². The molecule has 0 unspecified atom stereocenters. The number of aromatic nitrogens is 2. The first-order valence-corrected chi connectivity index (χ1v) is 10.5. The van der Waals surface area contributed by atoms with E-state index in [-0.39, 0.29) is 17.0 Å². The van der Waals surface area contributed by atoms with Gasteiger partial charge in [-0.3, -0.25) is 9.59 Å². The zero-order chi connectivity index (χ0) is 22.1. The lowest BCUT2D eigenvalue weighted by atomic mass is 10.1. The standard InChI is InChI=1S/C25H19ClN4O2/c26-23-21(7-3-13-27-23)24(31)28-19-11-9-17(10-12-19)25(32)30-16-20-6-4-14-29(20)15-18-5-1-2-8-22(18)30/h1-14H,15-16H2,(H,28,31). The number of anilines is 2. The summed E-state index contributed by atoms with van der Waals surface area (Å²) in [4.78, 5) is 31.6. The van der Waals surface area contributed by atoms with E-state index in [2.05, 4.69) is 14.9 Å². The number of hydrogen-bond donors (Lipinski definition) is 1. The van der Waals surface area contributed by atoms with E-state index in [1.165, 1.54) is 6.20 Å². The Bertz CT molecular complexity index is 1310. The first kappa shape index (κ1) is 20.0. The van der Waals surface area contributed by atoms with Crippen LogP contribution in [0.4, 0.5) is 11.4 Å². The number of halogens is 1. The Morgan fingerprint density at radius 2 is 1.72 bits per heavy atom. The highest BCUT2D eigenvalue weighted by Crippen LogP contribution is 2.29. The van der Waals surface area contributed by atoms with E-state index < -0.39 is 0 Å². The molecule has 0 aliphatic carbocycles. The Labute approximate surface area is 190 Å². The SMILES string of the molecule is O=C(Nc1ccc(C(=O)N2Cc3cccn3Cc3ccccc32)cc1)c1cccnc1Cl. The Morgan fingerprint density at radius 1 is 0.906 bits per heavy atom. The van der Waals surface area contributed by atoms with E-state index in [0.29, 0.717) is 23.4 Å². The molecule has 1 aliphatic heterocycles. The molecule has 158 valence electrons. The van der Waals surface area contributed by atoms with Crippen LogP contribution in [0.3, 0.4) is 0 Å². The van der Waals surface area contributed by atoms with Crippen LogP contribution in [0.25, 0.3) is 0 Å². The number of amides is 2. The average molecular weight is 443 g/mol. The third-order valence-corrected chi connectivity index (χ3v) is 5.81. The van der Waals surface area contributed by atoms with Gasteiger partial charge < -0.3 is 14.8 Å². The summed E-state index contributed by atoms with van der Waals surface area (Å²) in [7, 11) is 0. The van der Waals surface area contributed by atoms with Gasteiger partial charge in [0.25, 0.3) is 11.8 Å². The molecule has 7 heteroatoms. The van der Waals surface area contributed by atoms with Crippen LogP contribution in [0.2, 0.25) is 5.15 Å². The highest BCUT2D eigenvalue weighted by Gasteiger charge is 2.24. The van der Waals surface area contributed by atoms with E-state index in [4.69, 9.17) is 11.6 Å². The van der Waals surface area contributed by atoms with Crippen LogP contribution in [-0.4, -0.2) is 21.4 Å². The molecule has 1 aliphatic rings. The Hall–Kier alpha value is -3.90. The number of fused-ring (bicyclic) bond motifs is 2. The van der Waals surface area contributed by atoms with Crippen LogP contribution >= 0.6 is 11.6 Å². The number of nitrogens with zero attached hydrogens (tertiary/aromatic N) is 3. The smallest absolute Gasteiger partial charge is 0.258 e. The predicted octanol–water partition coefficient (Wildman–Crippen LogP) is 5.00. The van der Waals surface area contributed by atoms with Crippen LogP contribution in [-0.2, 0) is 13.1 Å². The number of nitrogens with one attached hydrogen (secondary N) is 1. The molecule has 0 fully saturated rings. The van der Waals surface area contributed by atoms with Gasteiger partial charge in [-0.05, 0) is 60.2 Å². The summed E-state index contributed by atoms with van der Waals surface area (Å²) in [6.07, 6.45) is 3.56. The maximum atomic E-state index is 13.5. The Morgan fingerprint density at radius 3 is 2.53 bits per heavy atom. The number of rotatable bonds is 3. The molecular formula is C25H19ClN4O2. The molecule has 2 aromatic heterocycles. The summed E-state index contributed by atoms with van der Waals surface area (Å²) >= 11 is 6.00. The second kappa shape index (κ2) is 8.32. The van der Waals surface area contributed by atoms with Crippen molar-refractivity contribution in [2.45, 2.75) is 13.1 Å². The van der Waals surface area contributed by atoms with Crippen LogP contribution in [0, 0.1) is 0 Å². The van der Waals surface area contributed by atoms with Crippen molar-refractivity contribution in [3.8, 4) is 0 Å². The van der Waals surface area contributed by atoms with E-state index in [1.807, 2.05) is 42.6 Å². The van der Waals surface area contributed by atoms with Crippen LogP contribution in [0.5, 0.6) is 0 Å². The lowest BCUT2D eigenvalue weighted by molar-refractivity contribution is 0.0983. The van der Waals surface area contributed by atoms with Gasteiger partial charge in [0.1, 0.15) is 5.15 Å². The summed E-state index contributed by atoms with van der Waals surface area (Å²) in [6, 6.07) is 22.1. The first-order chi connectivity index (χ1) is 15.6. The van der Waals surface area contributed by atoms with Gasteiger partial charge in [0, 0.05) is 41.6 Å². The molecule has 4 aromatic rings. The zero-order valence-corrected chi connectivity index (χ0v) is 17.8. The normalized spacial score (nSPS) is 12.5. The van der Waals surface area contributed by atoms with Crippen molar-refractivity contribution in [2.75, 3.05) is 10.2 Å². The molecule has 6 nitrogen and oxygen atoms in total. The monoisotopic (exact) mass is 442 g/mol. The van der Waals surface area contributed by atoms with Crippen molar-refractivity contribution in [1.82, 2.24) is 9.55 Å². The molecule has 0 atom stereocenters. The fourth-order valence-corrected chi connectivity index (χ4v) is 4.08. The molecule has 5 rings (SSSR count). The number of hydrogen-bond acceptors (Lipinski definition) is 3. The summed E-state index contributed by atoms with van der Waals surface area (Å²) < 4.78 is 2.16. The van der Waals surface area contributed by atoms with Crippen LogP contribution in [0.15, 0.2) is 85.2 Å². The summed E-state index contributed by atoms with van der Waals surface area (Å²) in [6.45, 7) is 1.21. The lowest BCUT2D eigenvalue weighted by Gasteiger charge is -2.23. The second-order valence-corrected chi connectivity index (χ2v) is 7.88. The van der Waals surface area contributed by atoms with Gasteiger partial charge in [0.2, 0.25) is 0 Å². The summed E-state index contributed by atoms with van der Waals surface area (Å²) in [5, 5.41) is 2.93. The maximum Gasteiger partial charge on any atom is 0.258 e. The quantitative estimate of drug-likeness (QED) is 0.454. The van der Waals surface area contributed by atoms with Gasteiger partial charge >= 0.3 is 0 Å². The second-order valence-electron chi connectivity index (χ2n) is 7.52. The third kappa shape index (κ3) is 3.76. The number of para-hydroxylation sites is 1. The van der Waals surface area contributed by atoms with Crippen molar-refractivity contribution in [1.29, 1.82) is 0 Å². The molecule has 0 bridgehead atoms. The minimum Gasteiger partial charge on any atom is -0.345 e. The number of carbonyl (C=O) groups is 2. The van der Waals surface area contributed by atoms with Gasteiger partial charge in [-0.1, -0.05) is 29.8 Å². The van der Waals surface area contributed by atoms with E-state index in [1.54, 1.807) is 41.3 Å². The van der Waals surface area contributed by atoms with Crippen LogP contribution in [0.1, 0.15) is 32.0 Å². The van der Waals surface area contributed by atoms with Gasteiger partial charge in [0.05, 0.1) is 12.1 Å². The zero-order valence-electron chi connectivity index (χ0n) is 17.0. The van der Waals surface area contributed by atoms with Crippen molar-refractivity contribution in [2.24, 2.45) is 0 Å². The average Bonchev–Trinajstić information content (AvgIpc) is 3.18. The van der Waals surface area contributed by atoms with E-state index in [9.17, 15) is 9.59 Å². The third-order valence-electron chi connectivity index (χ3n) is 5.51. The lowest BCUT2D eigenvalue weighted by Crippen LogP contribution is -2.30. The molecule has 3 heterocycles. The molecule has 0 radical (unpaired) electrons. The number of carbonyl (C=O) groups excluding carboxylic acids is 2. The molecule has 0 spiro atoms. The van der Waals surface area contributed by atoms with Gasteiger partial charge in [-0.15, -0.1) is 0 Å². The molecule has 32 heavy (non-hydrogen) atoms. The molecule has 2 amide bonds. The fraction of sp³-hybridized carbons (Fsp3) is 0.0800. The highest BCUT2D eigenvalue weighted by atomic mass is 35.5.